The third kappa shape index (κ3) is 2.45. The normalized spacial score (nSPS) is 19.7. The molecule has 1 unspecified atom stereocenters. The Bertz CT molecular complexity index is 410. The maximum absolute atomic E-state index is 11.6. The molecule has 1 amide bonds. The highest BCUT2D eigenvalue weighted by molar-refractivity contribution is 7.14. The quantitative estimate of drug-likeness (QED) is 0.812. The van der Waals surface area contributed by atoms with E-state index in [-0.39, 0.29) is 17.8 Å². The molecule has 1 atom stereocenters. The van der Waals surface area contributed by atoms with E-state index in [0.717, 1.165) is 12.8 Å². The fourth-order valence-corrected chi connectivity index (χ4v) is 2.22. The molecule has 86 valence electrons. The van der Waals surface area contributed by atoms with Crippen LogP contribution in [0.5, 0.6) is 0 Å². The lowest BCUT2D eigenvalue weighted by Crippen LogP contribution is -2.26. The number of nitrogens with one attached hydrogen (secondary N) is 1. The van der Waals surface area contributed by atoms with Gasteiger partial charge in [-0.3, -0.25) is 14.9 Å². The Hall–Kier alpha value is -1.27. The number of ketones is 1. The Labute approximate surface area is 96.8 Å². The minimum atomic E-state index is -0.371. The predicted molar refractivity (Wildman–Crippen MR) is 59.7 cm³/mol. The van der Waals surface area contributed by atoms with Crippen LogP contribution in [0.4, 0.5) is 5.13 Å². The Morgan fingerprint density at radius 2 is 2.44 bits per heavy atom. The highest BCUT2D eigenvalue weighted by Crippen LogP contribution is 2.18. The average Bonchev–Trinajstić information content (AvgIpc) is 2.87. The van der Waals surface area contributed by atoms with Gasteiger partial charge in [0, 0.05) is 18.9 Å². The maximum Gasteiger partial charge on any atom is 0.255 e. The lowest BCUT2D eigenvalue weighted by atomic mass is 10.2. The Morgan fingerprint density at radius 3 is 3.00 bits per heavy atom. The minimum absolute atomic E-state index is 0.103. The van der Waals surface area contributed by atoms with Crippen LogP contribution >= 0.6 is 11.3 Å². The molecule has 2 rings (SSSR count). The molecule has 0 bridgehead atoms. The molecule has 1 aliphatic rings. The largest absolute Gasteiger partial charge is 0.368 e. The molecule has 1 saturated heterocycles. The zero-order chi connectivity index (χ0) is 11.5. The molecule has 1 fully saturated rings. The number of hydrogen-bond donors (Lipinski definition) is 1. The van der Waals surface area contributed by atoms with Crippen molar-refractivity contribution in [3.8, 4) is 0 Å². The van der Waals surface area contributed by atoms with Crippen LogP contribution in [-0.2, 0) is 9.53 Å². The second kappa shape index (κ2) is 4.71. The van der Waals surface area contributed by atoms with Gasteiger partial charge in [-0.05, 0) is 12.8 Å². The summed E-state index contributed by atoms with van der Waals surface area (Å²) in [5.74, 6) is -0.282. The summed E-state index contributed by atoms with van der Waals surface area (Å²) in [7, 11) is 0. The van der Waals surface area contributed by atoms with E-state index in [9.17, 15) is 9.59 Å². The molecule has 2 heterocycles. The van der Waals surface area contributed by atoms with Crippen LogP contribution < -0.4 is 5.32 Å². The van der Waals surface area contributed by atoms with E-state index in [0.29, 0.717) is 17.4 Å². The molecule has 16 heavy (non-hydrogen) atoms. The molecule has 1 N–H and O–H groups in total. The molecule has 0 radical (unpaired) electrons. The van der Waals surface area contributed by atoms with Crippen LogP contribution in [0.25, 0.3) is 0 Å². The lowest BCUT2D eigenvalue weighted by molar-refractivity contribution is -0.124. The van der Waals surface area contributed by atoms with Crippen molar-refractivity contribution in [2.75, 3.05) is 11.9 Å². The number of aromatic nitrogens is 1. The van der Waals surface area contributed by atoms with E-state index >= 15 is 0 Å². The molecule has 0 aromatic carbocycles. The van der Waals surface area contributed by atoms with Gasteiger partial charge in [0.05, 0.1) is 0 Å². The van der Waals surface area contributed by atoms with Gasteiger partial charge < -0.3 is 4.74 Å². The molecule has 1 aliphatic heterocycles. The lowest BCUT2D eigenvalue weighted by Gasteiger charge is -2.07. The summed E-state index contributed by atoms with van der Waals surface area (Å²) in [5.41, 5.74) is 0.382. The summed E-state index contributed by atoms with van der Waals surface area (Å²) in [4.78, 5) is 26.6. The van der Waals surface area contributed by atoms with E-state index < -0.39 is 0 Å². The van der Waals surface area contributed by atoms with Crippen LogP contribution in [0, 0.1) is 0 Å². The third-order valence-electron chi connectivity index (χ3n) is 2.32. The van der Waals surface area contributed by atoms with Crippen LogP contribution in [-0.4, -0.2) is 29.4 Å². The van der Waals surface area contributed by atoms with Gasteiger partial charge in [-0.1, -0.05) is 0 Å². The minimum Gasteiger partial charge on any atom is -0.368 e. The number of anilines is 1. The number of nitrogens with zero attached hydrogens (tertiary/aromatic N) is 1. The number of rotatable bonds is 3. The highest BCUT2D eigenvalue weighted by atomic mass is 32.1. The van der Waals surface area contributed by atoms with Crippen molar-refractivity contribution in [2.45, 2.75) is 25.9 Å². The zero-order valence-corrected chi connectivity index (χ0v) is 9.67. The van der Waals surface area contributed by atoms with Crippen molar-refractivity contribution < 1.29 is 14.3 Å². The highest BCUT2D eigenvalue weighted by Gasteiger charge is 2.24. The van der Waals surface area contributed by atoms with Crippen molar-refractivity contribution in [3.63, 3.8) is 0 Å². The van der Waals surface area contributed by atoms with E-state index in [2.05, 4.69) is 10.3 Å². The summed E-state index contributed by atoms with van der Waals surface area (Å²) in [6.07, 6.45) is 1.29. The van der Waals surface area contributed by atoms with Crippen LogP contribution in [0.15, 0.2) is 5.38 Å². The van der Waals surface area contributed by atoms with Crippen molar-refractivity contribution in [1.82, 2.24) is 4.98 Å². The molecule has 0 spiro atoms. The molecular formula is C10H12N2O3S. The standard InChI is InChI=1S/C10H12N2O3S/c1-6(13)7-5-16-10(11-7)12-9(14)8-3-2-4-15-8/h5,8H,2-4H2,1H3,(H,11,12,14). The van der Waals surface area contributed by atoms with Gasteiger partial charge in [-0.25, -0.2) is 4.98 Å². The van der Waals surface area contributed by atoms with Crippen LogP contribution in [0.1, 0.15) is 30.3 Å². The molecule has 1 aromatic rings. The number of Topliss-reactive ketones (excluding diaryl/α,β-unsaturated/α-hetero) is 1. The van der Waals surface area contributed by atoms with Gasteiger partial charge in [0.2, 0.25) is 0 Å². The van der Waals surface area contributed by atoms with Crippen molar-refractivity contribution in [2.24, 2.45) is 0 Å². The van der Waals surface area contributed by atoms with Gasteiger partial charge in [0.15, 0.2) is 10.9 Å². The summed E-state index contributed by atoms with van der Waals surface area (Å²) >= 11 is 1.25. The maximum atomic E-state index is 11.6. The van der Waals surface area contributed by atoms with E-state index in [1.54, 1.807) is 5.38 Å². The SMILES string of the molecule is CC(=O)c1csc(NC(=O)C2CCCO2)n1. The fourth-order valence-electron chi connectivity index (χ4n) is 1.46. The Morgan fingerprint density at radius 1 is 1.62 bits per heavy atom. The van der Waals surface area contributed by atoms with Crippen molar-refractivity contribution in [1.29, 1.82) is 0 Å². The number of carbonyl (C=O) groups excluding carboxylic acids is 2. The molecule has 0 saturated carbocycles. The zero-order valence-electron chi connectivity index (χ0n) is 8.86. The number of hydrogen-bond acceptors (Lipinski definition) is 5. The second-order valence-electron chi connectivity index (χ2n) is 3.58. The monoisotopic (exact) mass is 240 g/mol. The van der Waals surface area contributed by atoms with Gasteiger partial charge in [0.1, 0.15) is 11.8 Å². The molecular weight excluding hydrogens is 228 g/mol. The van der Waals surface area contributed by atoms with Crippen LogP contribution in [0.3, 0.4) is 0 Å². The second-order valence-corrected chi connectivity index (χ2v) is 4.44. The molecule has 6 heteroatoms. The number of thiazole rings is 1. The van der Waals surface area contributed by atoms with Crippen LogP contribution in [0.2, 0.25) is 0 Å². The summed E-state index contributed by atoms with van der Waals surface area (Å²) < 4.78 is 5.24. The molecule has 1 aromatic heterocycles. The van der Waals surface area contributed by atoms with E-state index in [1.807, 2.05) is 0 Å². The summed E-state index contributed by atoms with van der Waals surface area (Å²) in [6, 6.07) is 0. The first-order valence-corrected chi connectivity index (χ1v) is 5.93. The number of ether oxygens (including phenoxy) is 1. The van der Waals surface area contributed by atoms with E-state index in [4.69, 9.17) is 4.74 Å². The fraction of sp³-hybridized carbons (Fsp3) is 0.500. The van der Waals surface area contributed by atoms with Crippen molar-refractivity contribution >= 4 is 28.2 Å². The number of amides is 1. The van der Waals surface area contributed by atoms with Crippen molar-refractivity contribution in [3.05, 3.63) is 11.1 Å². The Balaban J connectivity index is 1.97. The van der Waals surface area contributed by atoms with Gasteiger partial charge >= 0.3 is 0 Å². The molecule has 0 aliphatic carbocycles. The predicted octanol–water partition coefficient (Wildman–Crippen LogP) is 1.46. The van der Waals surface area contributed by atoms with E-state index in [1.165, 1.54) is 18.3 Å². The number of carbonyl (C=O) groups is 2. The third-order valence-corrected chi connectivity index (χ3v) is 3.07. The summed E-state index contributed by atoms with van der Waals surface area (Å²) in [5, 5.41) is 4.73. The first kappa shape index (κ1) is 11.2. The van der Waals surface area contributed by atoms with Gasteiger partial charge in [-0.2, -0.15) is 0 Å². The van der Waals surface area contributed by atoms with Gasteiger partial charge in [-0.15, -0.1) is 11.3 Å². The summed E-state index contributed by atoms with van der Waals surface area (Å²) in [6.45, 7) is 2.08. The first-order chi connectivity index (χ1) is 7.66. The van der Waals surface area contributed by atoms with Gasteiger partial charge in [0.25, 0.3) is 5.91 Å². The topological polar surface area (TPSA) is 68.3 Å². The average molecular weight is 240 g/mol. The molecule has 5 nitrogen and oxygen atoms in total. The smallest absolute Gasteiger partial charge is 0.255 e. The Kier molecular flexibility index (Phi) is 3.31. The first-order valence-electron chi connectivity index (χ1n) is 5.06.